The number of carbonyl (C=O) groups is 3. The number of hydrogen-bond acceptors (Lipinski definition) is 5. The van der Waals surface area contributed by atoms with Crippen LogP contribution >= 0.6 is 0 Å². The number of carbonyl (C=O) groups excluding carboxylic acids is 3. The molecule has 1 atom stereocenters. The molecule has 0 unspecified atom stereocenters. The van der Waals surface area contributed by atoms with Crippen molar-refractivity contribution in [1.82, 2.24) is 5.32 Å². The zero-order valence-electron chi connectivity index (χ0n) is 13.8. The molecule has 0 aliphatic heterocycles. The average Bonchev–Trinajstić information content (AvgIpc) is 2.66. The number of aldehydes is 1. The Labute approximate surface area is 145 Å². The van der Waals surface area contributed by atoms with E-state index in [1.807, 2.05) is 30.3 Å². The van der Waals surface area contributed by atoms with Crippen LogP contribution in [0.3, 0.4) is 0 Å². The van der Waals surface area contributed by atoms with Gasteiger partial charge in [-0.1, -0.05) is 30.3 Å². The molecule has 0 aliphatic carbocycles. The Balaban J connectivity index is 1.91. The third kappa shape index (κ3) is 5.76. The number of ether oxygens (including phenoxy) is 2. The van der Waals surface area contributed by atoms with Crippen LogP contribution in [0.5, 0.6) is 5.75 Å². The highest BCUT2D eigenvalue weighted by Gasteiger charge is 2.22. The Bertz CT molecular complexity index is 712. The van der Waals surface area contributed by atoms with Gasteiger partial charge >= 0.3 is 5.97 Å². The molecule has 0 bridgehead atoms. The molecule has 0 saturated carbocycles. The van der Waals surface area contributed by atoms with Crippen LogP contribution in [0, 0.1) is 0 Å². The number of hydrogen-bond donors (Lipinski definition) is 1. The predicted octanol–water partition coefficient (Wildman–Crippen LogP) is 1.78. The summed E-state index contributed by atoms with van der Waals surface area (Å²) in [4.78, 5) is 34.5. The summed E-state index contributed by atoms with van der Waals surface area (Å²) in [6.45, 7) is -0.247. The maximum absolute atomic E-state index is 12.1. The summed E-state index contributed by atoms with van der Waals surface area (Å²) in [5.41, 5.74) is 1.42. The third-order valence-corrected chi connectivity index (χ3v) is 3.49. The van der Waals surface area contributed by atoms with Crippen LogP contribution in [0.15, 0.2) is 54.6 Å². The molecule has 0 spiro atoms. The summed E-state index contributed by atoms with van der Waals surface area (Å²) in [6.07, 6.45) is 1.05. The van der Waals surface area contributed by atoms with Gasteiger partial charge in [0.05, 0.1) is 7.11 Å². The van der Waals surface area contributed by atoms with Crippen molar-refractivity contribution >= 4 is 18.2 Å². The van der Waals surface area contributed by atoms with Crippen LogP contribution in [-0.2, 0) is 20.7 Å². The first-order valence-electron chi connectivity index (χ1n) is 7.71. The summed E-state index contributed by atoms with van der Waals surface area (Å²) >= 11 is 0. The van der Waals surface area contributed by atoms with Crippen molar-refractivity contribution in [3.63, 3.8) is 0 Å². The van der Waals surface area contributed by atoms with Gasteiger partial charge in [0.2, 0.25) is 0 Å². The standard InChI is InChI=1S/C19H19NO5/c1-24-19(23)17(11-14-5-3-2-4-6-14)20-18(22)13-25-16-9-7-15(12-21)8-10-16/h2-10,12,17H,11,13H2,1H3,(H,20,22)/t17-/m0/s1. The second-order valence-corrected chi connectivity index (χ2v) is 5.31. The molecule has 0 radical (unpaired) electrons. The predicted molar refractivity (Wildman–Crippen MR) is 91.4 cm³/mol. The number of amides is 1. The van der Waals surface area contributed by atoms with Gasteiger partial charge in [0.25, 0.3) is 5.91 Å². The Hall–Kier alpha value is -3.15. The number of methoxy groups -OCH3 is 1. The summed E-state index contributed by atoms with van der Waals surface area (Å²) in [5, 5.41) is 2.61. The first-order valence-corrected chi connectivity index (χ1v) is 7.71. The fourth-order valence-corrected chi connectivity index (χ4v) is 2.21. The van der Waals surface area contributed by atoms with Crippen molar-refractivity contribution in [2.24, 2.45) is 0 Å². The number of nitrogens with one attached hydrogen (secondary N) is 1. The van der Waals surface area contributed by atoms with Crippen LogP contribution in [-0.4, -0.2) is 37.9 Å². The average molecular weight is 341 g/mol. The highest BCUT2D eigenvalue weighted by molar-refractivity contribution is 5.85. The normalized spacial score (nSPS) is 11.2. The van der Waals surface area contributed by atoms with Crippen molar-refractivity contribution in [3.8, 4) is 5.75 Å². The molecule has 0 saturated heterocycles. The van der Waals surface area contributed by atoms with E-state index in [-0.39, 0.29) is 6.61 Å². The molecule has 2 aromatic rings. The van der Waals surface area contributed by atoms with Gasteiger partial charge in [-0.2, -0.15) is 0 Å². The van der Waals surface area contributed by atoms with Gasteiger partial charge in [-0.15, -0.1) is 0 Å². The first-order chi connectivity index (χ1) is 12.1. The molecule has 0 fully saturated rings. The summed E-state index contributed by atoms with van der Waals surface area (Å²) in [5.74, 6) is -0.503. The minimum absolute atomic E-state index is 0.247. The van der Waals surface area contributed by atoms with Crippen molar-refractivity contribution in [2.45, 2.75) is 12.5 Å². The number of rotatable bonds is 8. The lowest BCUT2D eigenvalue weighted by Gasteiger charge is -2.17. The van der Waals surface area contributed by atoms with Gasteiger partial charge in [-0.25, -0.2) is 4.79 Å². The van der Waals surface area contributed by atoms with Crippen LogP contribution in [0.4, 0.5) is 0 Å². The maximum atomic E-state index is 12.1. The molecule has 1 N–H and O–H groups in total. The zero-order valence-corrected chi connectivity index (χ0v) is 13.8. The largest absolute Gasteiger partial charge is 0.484 e. The Kier molecular flexibility index (Phi) is 6.71. The Morgan fingerprint density at radius 3 is 2.36 bits per heavy atom. The van der Waals surface area contributed by atoms with Crippen LogP contribution < -0.4 is 10.1 Å². The lowest BCUT2D eigenvalue weighted by molar-refractivity contribution is -0.145. The minimum atomic E-state index is -0.791. The number of esters is 1. The minimum Gasteiger partial charge on any atom is -0.484 e. The van der Waals surface area contributed by atoms with E-state index < -0.39 is 17.9 Å². The summed E-state index contributed by atoms with van der Waals surface area (Å²) in [7, 11) is 1.28. The van der Waals surface area contributed by atoms with Gasteiger partial charge in [-0.05, 0) is 29.8 Å². The van der Waals surface area contributed by atoms with E-state index in [1.54, 1.807) is 24.3 Å². The monoisotopic (exact) mass is 341 g/mol. The van der Waals surface area contributed by atoms with Crippen LogP contribution in [0.25, 0.3) is 0 Å². The molecular weight excluding hydrogens is 322 g/mol. The van der Waals surface area contributed by atoms with E-state index >= 15 is 0 Å². The molecule has 130 valence electrons. The summed E-state index contributed by atoms with van der Waals surface area (Å²) < 4.78 is 10.1. The molecule has 2 rings (SSSR count). The van der Waals surface area contributed by atoms with Gasteiger partial charge < -0.3 is 14.8 Å². The fourth-order valence-electron chi connectivity index (χ4n) is 2.21. The van der Waals surface area contributed by atoms with Crippen molar-refractivity contribution in [1.29, 1.82) is 0 Å². The smallest absolute Gasteiger partial charge is 0.328 e. The molecule has 0 heterocycles. The van der Waals surface area contributed by atoms with E-state index in [4.69, 9.17) is 9.47 Å². The SMILES string of the molecule is COC(=O)[C@H](Cc1ccccc1)NC(=O)COc1ccc(C=O)cc1. The van der Waals surface area contributed by atoms with Crippen molar-refractivity contribution < 1.29 is 23.9 Å². The quantitative estimate of drug-likeness (QED) is 0.585. The number of benzene rings is 2. The Morgan fingerprint density at radius 2 is 1.76 bits per heavy atom. The Morgan fingerprint density at radius 1 is 1.08 bits per heavy atom. The van der Waals surface area contributed by atoms with Gasteiger partial charge in [0, 0.05) is 12.0 Å². The van der Waals surface area contributed by atoms with Gasteiger partial charge in [0.1, 0.15) is 18.1 Å². The maximum Gasteiger partial charge on any atom is 0.328 e. The summed E-state index contributed by atoms with van der Waals surface area (Å²) in [6, 6.07) is 14.9. The topological polar surface area (TPSA) is 81.7 Å². The molecule has 0 aromatic heterocycles. The van der Waals surface area contributed by atoms with Crippen molar-refractivity contribution in [3.05, 3.63) is 65.7 Å². The van der Waals surface area contributed by atoms with Gasteiger partial charge in [-0.3, -0.25) is 9.59 Å². The molecule has 25 heavy (non-hydrogen) atoms. The molecule has 6 heteroatoms. The highest BCUT2D eigenvalue weighted by Crippen LogP contribution is 2.11. The zero-order chi connectivity index (χ0) is 18.1. The van der Waals surface area contributed by atoms with E-state index in [9.17, 15) is 14.4 Å². The van der Waals surface area contributed by atoms with Crippen LogP contribution in [0.2, 0.25) is 0 Å². The molecule has 2 aromatic carbocycles. The first kappa shape index (κ1) is 18.2. The van der Waals surface area contributed by atoms with Crippen LogP contribution in [0.1, 0.15) is 15.9 Å². The second-order valence-electron chi connectivity index (χ2n) is 5.31. The fraction of sp³-hybridized carbons (Fsp3) is 0.211. The highest BCUT2D eigenvalue weighted by atomic mass is 16.5. The van der Waals surface area contributed by atoms with E-state index in [2.05, 4.69) is 5.32 Å². The second kappa shape index (κ2) is 9.22. The lowest BCUT2D eigenvalue weighted by atomic mass is 10.1. The van der Waals surface area contributed by atoms with E-state index in [0.29, 0.717) is 17.7 Å². The molecule has 6 nitrogen and oxygen atoms in total. The molecular formula is C19H19NO5. The van der Waals surface area contributed by atoms with E-state index in [0.717, 1.165) is 11.8 Å². The molecule has 0 aliphatic rings. The van der Waals surface area contributed by atoms with E-state index in [1.165, 1.54) is 7.11 Å². The third-order valence-electron chi connectivity index (χ3n) is 3.49. The van der Waals surface area contributed by atoms with Gasteiger partial charge in [0.15, 0.2) is 6.61 Å². The van der Waals surface area contributed by atoms with Crippen molar-refractivity contribution in [2.75, 3.05) is 13.7 Å². The lowest BCUT2D eigenvalue weighted by Crippen LogP contribution is -2.44. The molecule has 1 amide bonds.